The first-order valence-corrected chi connectivity index (χ1v) is 8.89. The summed E-state index contributed by atoms with van der Waals surface area (Å²) in [5.74, 6) is 1.47. The Hall–Kier alpha value is -3.29. The van der Waals surface area contributed by atoms with Crippen LogP contribution in [0.5, 0.6) is 5.75 Å². The van der Waals surface area contributed by atoms with Gasteiger partial charge in [0.1, 0.15) is 5.75 Å². The molecular weight excluding hydrogens is 346 g/mol. The average Bonchev–Trinajstić information content (AvgIpc) is 3.23. The first-order valence-electron chi connectivity index (χ1n) is 8.89. The maximum atomic E-state index is 12.7. The van der Waals surface area contributed by atoms with Crippen molar-refractivity contribution >= 4 is 5.91 Å². The van der Waals surface area contributed by atoms with Crippen molar-refractivity contribution in [2.75, 3.05) is 13.2 Å². The monoisotopic (exact) mass is 365 g/mol. The van der Waals surface area contributed by atoms with E-state index in [0.717, 1.165) is 19.3 Å². The number of hydrogen-bond donors (Lipinski definition) is 0. The number of amides is 1. The van der Waals surface area contributed by atoms with Crippen molar-refractivity contribution in [2.24, 2.45) is 0 Å². The summed E-state index contributed by atoms with van der Waals surface area (Å²) in [6.07, 6.45) is 5.89. The maximum absolute atomic E-state index is 12.7. The number of hydrogen-bond acceptors (Lipinski definition) is 7. The molecule has 0 saturated carbocycles. The Balaban J connectivity index is 1.47. The van der Waals surface area contributed by atoms with Crippen LogP contribution in [0.25, 0.3) is 11.5 Å². The fraction of sp³-hybridized carbons (Fsp3) is 0.316. The minimum absolute atomic E-state index is 0.0144. The third-order valence-corrected chi connectivity index (χ3v) is 4.50. The zero-order valence-corrected chi connectivity index (χ0v) is 14.7. The Morgan fingerprint density at radius 3 is 2.89 bits per heavy atom. The van der Waals surface area contributed by atoms with Crippen LogP contribution in [0.4, 0.5) is 0 Å². The van der Waals surface area contributed by atoms with Gasteiger partial charge in [-0.05, 0) is 37.5 Å². The van der Waals surface area contributed by atoms with Gasteiger partial charge in [-0.3, -0.25) is 4.79 Å². The smallest absolute Gasteiger partial charge is 0.261 e. The summed E-state index contributed by atoms with van der Waals surface area (Å²) in [5, 5.41) is 11.7. The van der Waals surface area contributed by atoms with Crippen LogP contribution < -0.4 is 4.74 Å². The maximum Gasteiger partial charge on any atom is 0.261 e. The minimum Gasteiger partial charge on any atom is -0.484 e. The van der Waals surface area contributed by atoms with Gasteiger partial charge in [0, 0.05) is 6.54 Å². The highest BCUT2D eigenvalue weighted by Crippen LogP contribution is 2.30. The molecule has 1 amide bonds. The van der Waals surface area contributed by atoms with Crippen LogP contribution in [0.2, 0.25) is 0 Å². The van der Waals surface area contributed by atoms with E-state index < -0.39 is 0 Å². The van der Waals surface area contributed by atoms with Crippen LogP contribution in [0.15, 0.2) is 53.3 Å². The van der Waals surface area contributed by atoms with Gasteiger partial charge in [0.15, 0.2) is 12.4 Å². The molecule has 1 aliphatic heterocycles. The average molecular weight is 365 g/mol. The molecule has 1 aliphatic rings. The summed E-state index contributed by atoms with van der Waals surface area (Å²) in [6.45, 7) is 0.641. The molecule has 1 saturated heterocycles. The molecule has 0 spiro atoms. The molecule has 8 heteroatoms. The molecule has 3 aromatic rings. The molecule has 0 bridgehead atoms. The van der Waals surface area contributed by atoms with Gasteiger partial charge in [0.25, 0.3) is 11.8 Å². The Morgan fingerprint density at radius 1 is 1.19 bits per heavy atom. The lowest BCUT2D eigenvalue weighted by molar-refractivity contribution is -0.137. The summed E-state index contributed by atoms with van der Waals surface area (Å²) in [4.78, 5) is 19.0. The fourth-order valence-corrected chi connectivity index (χ4v) is 3.15. The number of benzene rings is 1. The van der Waals surface area contributed by atoms with Gasteiger partial charge in [0.05, 0.1) is 24.0 Å². The number of carbonyl (C=O) groups is 1. The second-order valence-corrected chi connectivity index (χ2v) is 6.29. The molecule has 0 radical (unpaired) electrons. The van der Waals surface area contributed by atoms with Crippen molar-refractivity contribution in [3.8, 4) is 17.2 Å². The van der Waals surface area contributed by atoms with E-state index in [-0.39, 0.29) is 18.6 Å². The number of piperidine rings is 1. The highest BCUT2D eigenvalue weighted by Gasteiger charge is 2.31. The van der Waals surface area contributed by atoms with Crippen molar-refractivity contribution in [3.63, 3.8) is 0 Å². The quantitative estimate of drug-likeness (QED) is 0.686. The van der Waals surface area contributed by atoms with Gasteiger partial charge in [-0.2, -0.15) is 15.2 Å². The summed E-state index contributed by atoms with van der Waals surface area (Å²) >= 11 is 0. The molecule has 27 heavy (non-hydrogen) atoms. The SMILES string of the molecule is O=C(COc1ccccc1)N1CCCCC1c1noc(-c2ccnnc2)n1. The van der Waals surface area contributed by atoms with Crippen LogP contribution >= 0.6 is 0 Å². The van der Waals surface area contributed by atoms with Gasteiger partial charge in [-0.15, -0.1) is 0 Å². The number of ether oxygens (including phenoxy) is 1. The van der Waals surface area contributed by atoms with Gasteiger partial charge in [0.2, 0.25) is 0 Å². The molecule has 138 valence electrons. The second-order valence-electron chi connectivity index (χ2n) is 6.29. The van der Waals surface area contributed by atoms with E-state index in [2.05, 4.69) is 20.3 Å². The highest BCUT2D eigenvalue weighted by atomic mass is 16.5. The van der Waals surface area contributed by atoms with Crippen molar-refractivity contribution in [1.29, 1.82) is 0 Å². The van der Waals surface area contributed by atoms with E-state index in [9.17, 15) is 4.79 Å². The molecule has 3 heterocycles. The van der Waals surface area contributed by atoms with Crippen LogP contribution in [0.3, 0.4) is 0 Å². The Kier molecular flexibility index (Phi) is 5.04. The van der Waals surface area contributed by atoms with Crippen molar-refractivity contribution in [2.45, 2.75) is 25.3 Å². The Morgan fingerprint density at radius 2 is 2.07 bits per heavy atom. The standard InChI is InChI=1S/C19H19N5O3/c25-17(13-26-15-6-2-1-3-7-15)24-11-5-4-8-16(24)18-22-19(27-23-18)14-9-10-20-21-12-14/h1-3,6-7,9-10,12,16H,4-5,8,11,13H2. The van der Waals surface area contributed by atoms with E-state index in [4.69, 9.17) is 9.26 Å². The van der Waals surface area contributed by atoms with E-state index in [1.807, 2.05) is 30.3 Å². The van der Waals surface area contributed by atoms with Gasteiger partial charge >= 0.3 is 0 Å². The lowest BCUT2D eigenvalue weighted by Crippen LogP contribution is -2.41. The molecule has 0 N–H and O–H groups in total. The summed E-state index contributed by atoms with van der Waals surface area (Å²) < 4.78 is 11.0. The molecule has 0 aliphatic carbocycles. The van der Waals surface area contributed by atoms with Crippen LogP contribution in [-0.4, -0.2) is 44.3 Å². The van der Waals surface area contributed by atoms with E-state index >= 15 is 0 Å². The molecule has 1 fully saturated rings. The number of nitrogens with zero attached hydrogens (tertiary/aromatic N) is 5. The van der Waals surface area contributed by atoms with Crippen molar-refractivity contribution in [1.82, 2.24) is 25.2 Å². The number of carbonyl (C=O) groups excluding carboxylic acids is 1. The third-order valence-electron chi connectivity index (χ3n) is 4.50. The Labute approximate surface area is 156 Å². The molecule has 4 rings (SSSR count). The lowest BCUT2D eigenvalue weighted by Gasteiger charge is -2.33. The first-order chi connectivity index (χ1) is 13.3. The van der Waals surface area contributed by atoms with Crippen LogP contribution in [-0.2, 0) is 4.79 Å². The molecule has 1 aromatic carbocycles. The topological polar surface area (TPSA) is 94.2 Å². The lowest BCUT2D eigenvalue weighted by atomic mass is 10.0. The molecule has 1 atom stereocenters. The van der Waals surface area contributed by atoms with Crippen molar-refractivity contribution < 1.29 is 14.1 Å². The van der Waals surface area contributed by atoms with Crippen LogP contribution in [0.1, 0.15) is 31.1 Å². The molecule has 8 nitrogen and oxygen atoms in total. The summed E-state index contributed by atoms with van der Waals surface area (Å²) in [7, 11) is 0. The van der Waals surface area contributed by atoms with E-state index in [0.29, 0.717) is 29.6 Å². The predicted octanol–water partition coefficient (Wildman–Crippen LogP) is 2.66. The minimum atomic E-state index is -0.210. The molecular formula is C19H19N5O3. The molecule has 1 unspecified atom stereocenters. The highest BCUT2D eigenvalue weighted by molar-refractivity contribution is 5.78. The van der Waals surface area contributed by atoms with Gasteiger partial charge in [-0.25, -0.2) is 0 Å². The van der Waals surface area contributed by atoms with Gasteiger partial charge in [-0.1, -0.05) is 23.4 Å². The first kappa shape index (κ1) is 17.1. The number of para-hydroxylation sites is 1. The zero-order chi connectivity index (χ0) is 18.5. The fourth-order valence-electron chi connectivity index (χ4n) is 3.15. The largest absolute Gasteiger partial charge is 0.484 e. The summed E-state index contributed by atoms with van der Waals surface area (Å²) in [5.41, 5.74) is 0.699. The van der Waals surface area contributed by atoms with Gasteiger partial charge < -0.3 is 14.2 Å². The van der Waals surface area contributed by atoms with E-state index in [1.165, 1.54) is 0 Å². The normalized spacial score (nSPS) is 16.9. The zero-order valence-electron chi connectivity index (χ0n) is 14.7. The Bertz CT molecular complexity index is 885. The predicted molar refractivity (Wildman–Crippen MR) is 95.6 cm³/mol. The summed E-state index contributed by atoms with van der Waals surface area (Å²) in [6, 6.07) is 10.8. The number of rotatable bonds is 5. The number of aromatic nitrogens is 4. The van der Waals surface area contributed by atoms with Crippen molar-refractivity contribution in [3.05, 3.63) is 54.6 Å². The number of likely N-dealkylation sites (tertiary alicyclic amines) is 1. The second kappa shape index (κ2) is 7.94. The third kappa shape index (κ3) is 3.94. The van der Waals surface area contributed by atoms with E-state index in [1.54, 1.807) is 23.4 Å². The molecule has 2 aromatic heterocycles. The van der Waals surface area contributed by atoms with Crippen LogP contribution in [0, 0.1) is 0 Å².